The van der Waals surface area contributed by atoms with E-state index in [0.29, 0.717) is 0 Å². The molecule has 9 nitrogen and oxygen atoms in total. The summed E-state index contributed by atoms with van der Waals surface area (Å²) in [6.07, 6.45) is 0.803. The zero-order valence-electron chi connectivity index (χ0n) is 7.09. The fraction of sp³-hybridized carbons (Fsp3) is 0. The van der Waals surface area contributed by atoms with E-state index in [1.165, 1.54) is 4.72 Å². The van der Waals surface area contributed by atoms with Crippen molar-refractivity contribution in [2.24, 2.45) is 5.73 Å². The minimum atomic E-state index is -4.32. The summed E-state index contributed by atoms with van der Waals surface area (Å²) < 4.78 is 24.0. The molecule has 0 bridgehead atoms. The number of carboxylic acids is 1. The molecule has 1 rings (SSSR count). The van der Waals surface area contributed by atoms with Crippen LogP contribution in [0.5, 0.6) is 0 Å². The Morgan fingerprint density at radius 2 is 2.13 bits per heavy atom. The van der Waals surface area contributed by atoms with Gasteiger partial charge in [0.25, 0.3) is 10.0 Å². The number of hydrogen-bond acceptors (Lipinski definition) is 5. The molecule has 1 aromatic heterocycles. The smallest absolute Gasteiger partial charge is 0.340 e. The Morgan fingerprint density at radius 3 is 2.60 bits per heavy atom. The number of aromatic carboxylic acids is 1. The first-order valence-corrected chi connectivity index (χ1v) is 4.92. The van der Waals surface area contributed by atoms with Crippen LogP contribution in [0.2, 0.25) is 0 Å². The molecule has 0 atom stereocenters. The van der Waals surface area contributed by atoms with E-state index in [2.05, 4.69) is 10.8 Å². The number of hydrogen-bond donors (Lipinski definition) is 4. The molecule has 0 unspecified atom stereocenters. The molecule has 10 heteroatoms. The van der Waals surface area contributed by atoms with E-state index in [1.807, 2.05) is 5.10 Å². The predicted molar refractivity (Wildman–Crippen MR) is 45.5 cm³/mol. The van der Waals surface area contributed by atoms with Crippen molar-refractivity contribution in [2.45, 2.75) is 5.03 Å². The number of aromatic amines is 1. The van der Waals surface area contributed by atoms with Crippen LogP contribution in [0.4, 0.5) is 4.79 Å². The first-order chi connectivity index (χ1) is 6.84. The zero-order valence-corrected chi connectivity index (χ0v) is 7.91. The van der Waals surface area contributed by atoms with Crippen LogP contribution in [-0.2, 0) is 10.0 Å². The van der Waals surface area contributed by atoms with E-state index in [1.54, 1.807) is 0 Å². The van der Waals surface area contributed by atoms with Gasteiger partial charge < -0.3 is 10.8 Å². The quantitative estimate of drug-likeness (QED) is 0.496. The molecule has 0 aliphatic carbocycles. The van der Waals surface area contributed by atoms with Gasteiger partial charge in [-0.25, -0.2) is 14.3 Å². The molecular weight excluding hydrogens is 228 g/mol. The molecule has 0 fully saturated rings. The lowest BCUT2D eigenvalue weighted by molar-refractivity contribution is 0.0692. The van der Waals surface area contributed by atoms with E-state index < -0.39 is 32.6 Å². The Kier molecular flexibility index (Phi) is 2.61. The lowest BCUT2D eigenvalue weighted by Gasteiger charge is -2.01. The van der Waals surface area contributed by atoms with Gasteiger partial charge in [-0.15, -0.1) is 0 Å². The third kappa shape index (κ3) is 2.22. The summed E-state index contributed by atoms with van der Waals surface area (Å²) in [5.41, 5.74) is 4.02. The molecule has 1 heterocycles. The molecule has 0 spiro atoms. The number of amides is 2. The number of carboxylic acid groups (broad SMARTS) is 1. The van der Waals surface area contributed by atoms with Gasteiger partial charge in [0.1, 0.15) is 5.56 Å². The molecule has 2 amide bonds. The maximum atomic E-state index is 11.3. The second-order valence-corrected chi connectivity index (χ2v) is 4.01. The normalized spacial score (nSPS) is 10.9. The Morgan fingerprint density at radius 1 is 1.53 bits per heavy atom. The molecule has 15 heavy (non-hydrogen) atoms. The van der Waals surface area contributed by atoms with E-state index in [-0.39, 0.29) is 0 Å². The standard InChI is InChI=1S/C5H6N4O5S/c6-5(12)9-15(13,14)3-2(4(10)11)1-7-8-3/h1H,(H,7,8)(H,10,11)(H3,6,9,12). The highest BCUT2D eigenvalue weighted by Gasteiger charge is 2.25. The van der Waals surface area contributed by atoms with Crippen molar-refractivity contribution in [1.29, 1.82) is 0 Å². The first kappa shape index (κ1) is 11.0. The number of nitrogens with zero attached hydrogens (tertiary/aromatic N) is 1. The Bertz CT molecular complexity index is 503. The summed E-state index contributed by atoms with van der Waals surface area (Å²) in [6.45, 7) is 0. The van der Waals surface area contributed by atoms with Crippen molar-refractivity contribution in [3.05, 3.63) is 11.8 Å². The fourth-order valence-corrected chi connectivity index (χ4v) is 1.78. The SMILES string of the molecule is NC(=O)NS(=O)(=O)c1[nH]ncc1C(=O)O. The van der Waals surface area contributed by atoms with Crippen molar-refractivity contribution in [3.63, 3.8) is 0 Å². The van der Waals surface area contributed by atoms with Crippen LogP contribution in [0.1, 0.15) is 10.4 Å². The number of rotatable bonds is 3. The molecule has 0 aliphatic heterocycles. The lowest BCUT2D eigenvalue weighted by atomic mass is 10.4. The summed E-state index contributed by atoms with van der Waals surface area (Å²) in [6, 6.07) is -1.32. The Hall–Kier alpha value is -2.10. The number of carbonyl (C=O) groups is 2. The zero-order chi connectivity index (χ0) is 11.6. The second kappa shape index (κ2) is 3.57. The largest absolute Gasteiger partial charge is 0.478 e. The topological polar surface area (TPSA) is 155 Å². The van der Waals surface area contributed by atoms with Crippen LogP contribution in [0, 0.1) is 0 Å². The van der Waals surface area contributed by atoms with E-state index in [0.717, 1.165) is 6.20 Å². The highest BCUT2D eigenvalue weighted by molar-refractivity contribution is 7.90. The number of primary amides is 1. The number of H-pyrrole nitrogens is 1. The summed E-state index contributed by atoms with van der Waals surface area (Å²) >= 11 is 0. The molecule has 0 aromatic carbocycles. The maximum absolute atomic E-state index is 11.3. The number of sulfonamides is 1. The number of carbonyl (C=O) groups excluding carboxylic acids is 1. The van der Waals surface area contributed by atoms with Gasteiger partial charge >= 0.3 is 12.0 Å². The summed E-state index contributed by atoms with van der Waals surface area (Å²) in [4.78, 5) is 20.9. The minimum Gasteiger partial charge on any atom is -0.478 e. The van der Waals surface area contributed by atoms with Crippen LogP contribution >= 0.6 is 0 Å². The number of urea groups is 1. The molecule has 0 saturated carbocycles. The number of nitrogens with two attached hydrogens (primary N) is 1. The monoisotopic (exact) mass is 234 g/mol. The van der Waals surface area contributed by atoms with Crippen LogP contribution in [-0.4, -0.2) is 35.7 Å². The van der Waals surface area contributed by atoms with Crippen LogP contribution in [0.25, 0.3) is 0 Å². The molecule has 5 N–H and O–H groups in total. The van der Waals surface area contributed by atoms with Gasteiger partial charge in [-0.05, 0) is 0 Å². The average molecular weight is 234 g/mol. The van der Waals surface area contributed by atoms with E-state index in [4.69, 9.17) is 5.11 Å². The lowest BCUT2D eigenvalue weighted by Crippen LogP contribution is -2.35. The van der Waals surface area contributed by atoms with Crippen molar-refractivity contribution in [1.82, 2.24) is 14.9 Å². The molecule has 1 aromatic rings. The fourth-order valence-electron chi connectivity index (χ4n) is 0.815. The van der Waals surface area contributed by atoms with Gasteiger partial charge in [0.15, 0.2) is 5.03 Å². The average Bonchev–Trinajstić information content (AvgIpc) is 2.48. The third-order valence-electron chi connectivity index (χ3n) is 1.34. The molecule has 0 aliphatic rings. The van der Waals surface area contributed by atoms with Crippen LogP contribution in [0.3, 0.4) is 0 Å². The van der Waals surface area contributed by atoms with Crippen molar-refractivity contribution >= 4 is 22.0 Å². The molecular formula is C5H6N4O5S. The van der Waals surface area contributed by atoms with Crippen molar-refractivity contribution < 1.29 is 23.1 Å². The third-order valence-corrected chi connectivity index (χ3v) is 2.66. The van der Waals surface area contributed by atoms with Gasteiger partial charge in [0.2, 0.25) is 0 Å². The maximum Gasteiger partial charge on any atom is 0.340 e. The highest BCUT2D eigenvalue weighted by Crippen LogP contribution is 2.10. The van der Waals surface area contributed by atoms with Gasteiger partial charge in [-0.2, -0.15) is 13.5 Å². The number of nitrogens with one attached hydrogen (secondary N) is 2. The van der Waals surface area contributed by atoms with Gasteiger partial charge in [-0.3, -0.25) is 5.10 Å². The van der Waals surface area contributed by atoms with Gasteiger partial charge in [-0.1, -0.05) is 0 Å². The minimum absolute atomic E-state index is 0.580. The Balaban J connectivity index is 3.22. The molecule has 0 saturated heterocycles. The van der Waals surface area contributed by atoms with E-state index in [9.17, 15) is 18.0 Å². The van der Waals surface area contributed by atoms with Crippen molar-refractivity contribution in [3.8, 4) is 0 Å². The summed E-state index contributed by atoms with van der Waals surface area (Å²) in [7, 11) is -4.32. The number of aromatic nitrogens is 2. The predicted octanol–water partition coefficient (Wildman–Crippen LogP) is -1.54. The van der Waals surface area contributed by atoms with Gasteiger partial charge in [0.05, 0.1) is 6.20 Å². The van der Waals surface area contributed by atoms with E-state index >= 15 is 0 Å². The first-order valence-electron chi connectivity index (χ1n) is 3.43. The highest BCUT2D eigenvalue weighted by atomic mass is 32.2. The summed E-state index contributed by atoms with van der Waals surface area (Å²) in [5.74, 6) is -1.49. The molecule has 82 valence electrons. The summed E-state index contributed by atoms with van der Waals surface area (Å²) in [5, 5.41) is 13.0. The Labute approximate surface area is 83.3 Å². The second-order valence-electron chi connectivity index (χ2n) is 2.39. The molecule has 0 radical (unpaired) electrons. The van der Waals surface area contributed by atoms with Crippen LogP contribution in [0.15, 0.2) is 11.2 Å². The van der Waals surface area contributed by atoms with Crippen LogP contribution < -0.4 is 10.5 Å². The van der Waals surface area contributed by atoms with Gasteiger partial charge in [0, 0.05) is 0 Å². The van der Waals surface area contributed by atoms with Crippen molar-refractivity contribution in [2.75, 3.05) is 0 Å².